The van der Waals surface area contributed by atoms with Gasteiger partial charge in [-0.25, -0.2) is 4.99 Å². The lowest BCUT2D eigenvalue weighted by molar-refractivity contribution is 0.660. The fourth-order valence-corrected chi connectivity index (χ4v) is 1.60. The van der Waals surface area contributed by atoms with Gasteiger partial charge in [0.05, 0.1) is 0 Å². The molecular formula is C10H12N4S. The topological polar surface area (TPSA) is 62.4 Å². The van der Waals surface area contributed by atoms with Crippen molar-refractivity contribution in [3.63, 3.8) is 0 Å². The Bertz CT molecular complexity index is 410. The number of aryl methyl sites for hydroxylation is 1. The summed E-state index contributed by atoms with van der Waals surface area (Å²) in [5.41, 5.74) is 7.86. The molecule has 4 nitrogen and oxygen atoms in total. The number of benzene rings is 1. The zero-order valence-corrected chi connectivity index (χ0v) is 9.14. The predicted molar refractivity (Wildman–Crippen MR) is 64.4 cm³/mol. The second-order valence-corrected chi connectivity index (χ2v) is 3.83. The predicted octanol–water partition coefficient (Wildman–Crippen LogP) is 0.786. The number of hydrogen-bond acceptors (Lipinski definition) is 3. The van der Waals surface area contributed by atoms with Crippen molar-refractivity contribution in [2.24, 2.45) is 10.7 Å². The van der Waals surface area contributed by atoms with E-state index < -0.39 is 0 Å². The summed E-state index contributed by atoms with van der Waals surface area (Å²) in [6.45, 7) is 2.04. The van der Waals surface area contributed by atoms with Gasteiger partial charge in [-0.3, -0.25) is 0 Å². The molecule has 1 aromatic carbocycles. The maximum absolute atomic E-state index is 5.59. The molecule has 15 heavy (non-hydrogen) atoms. The number of thiocarbonyl (C=S) groups is 1. The van der Waals surface area contributed by atoms with E-state index >= 15 is 0 Å². The van der Waals surface area contributed by atoms with E-state index in [9.17, 15) is 0 Å². The van der Waals surface area contributed by atoms with Gasteiger partial charge in [-0.05, 0) is 24.7 Å². The van der Waals surface area contributed by atoms with E-state index in [4.69, 9.17) is 18.0 Å². The third kappa shape index (κ3) is 2.24. The quantitative estimate of drug-likeness (QED) is 0.612. The number of guanidine groups is 1. The minimum Gasteiger partial charge on any atom is -0.370 e. The maximum atomic E-state index is 5.59. The van der Waals surface area contributed by atoms with E-state index in [1.807, 2.05) is 31.2 Å². The highest BCUT2D eigenvalue weighted by Crippen LogP contribution is 2.16. The largest absolute Gasteiger partial charge is 0.370 e. The Morgan fingerprint density at radius 3 is 2.60 bits per heavy atom. The fraction of sp³-hybridized carbons (Fsp3) is 0.200. The van der Waals surface area contributed by atoms with Crippen LogP contribution >= 0.6 is 12.2 Å². The highest BCUT2D eigenvalue weighted by Gasteiger charge is 2.16. The summed E-state index contributed by atoms with van der Waals surface area (Å²) in [4.78, 5) is 4.22. The first-order valence-electron chi connectivity index (χ1n) is 4.62. The Balaban J connectivity index is 2.27. The van der Waals surface area contributed by atoms with E-state index in [1.165, 1.54) is 5.56 Å². The Morgan fingerprint density at radius 1 is 1.33 bits per heavy atom. The van der Waals surface area contributed by atoms with Crippen LogP contribution in [-0.2, 0) is 0 Å². The van der Waals surface area contributed by atoms with Crippen molar-refractivity contribution in [2.75, 3.05) is 0 Å². The molecule has 1 atom stereocenters. The van der Waals surface area contributed by atoms with Gasteiger partial charge in [-0.1, -0.05) is 29.8 Å². The number of nitrogens with two attached hydrogens (primary N) is 1. The number of aliphatic imine (C=N–C) groups is 1. The monoisotopic (exact) mass is 220 g/mol. The van der Waals surface area contributed by atoms with E-state index in [-0.39, 0.29) is 6.17 Å². The first-order valence-corrected chi connectivity index (χ1v) is 5.03. The minimum atomic E-state index is -0.181. The lowest BCUT2D eigenvalue weighted by Crippen LogP contribution is -2.49. The molecule has 1 aliphatic heterocycles. The second kappa shape index (κ2) is 3.86. The molecule has 0 bridgehead atoms. The average Bonchev–Trinajstić information content (AvgIpc) is 2.17. The lowest BCUT2D eigenvalue weighted by Gasteiger charge is -2.23. The first kappa shape index (κ1) is 9.92. The van der Waals surface area contributed by atoms with Crippen LogP contribution in [0.4, 0.5) is 0 Å². The van der Waals surface area contributed by atoms with Gasteiger partial charge in [0.25, 0.3) is 0 Å². The van der Waals surface area contributed by atoms with Crippen LogP contribution in [0.15, 0.2) is 29.3 Å². The molecule has 4 N–H and O–H groups in total. The van der Waals surface area contributed by atoms with Gasteiger partial charge >= 0.3 is 0 Å². The summed E-state index contributed by atoms with van der Waals surface area (Å²) in [5.74, 6) is 0.351. The van der Waals surface area contributed by atoms with Gasteiger partial charge in [0.2, 0.25) is 0 Å². The fourth-order valence-electron chi connectivity index (χ4n) is 1.39. The van der Waals surface area contributed by atoms with E-state index in [1.54, 1.807) is 0 Å². The summed E-state index contributed by atoms with van der Waals surface area (Å²) >= 11 is 5.00. The third-order valence-electron chi connectivity index (χ3n) is 2.17. The molecule has 0 saturated heterocycles. The van der Waals surface area contributed by atoms with Crippen molar-refractivity contribution in [2.45, 2.75) is 13.1 Å². The zero-order valence-electron chi connectivity index (χ0n) is 8.32. The van der Waals surface area contributed by atoms with E-state index in [0.717, 1.165) is 5.56 Å². The summed E-state index contributed by atoms with van der Waals surface area (Å²) in [6.07, 6.45) is -0.181. The van der Waals surface area contributed by atoms with Crippen molar-refractivity contribution in [3.05, 3.63) is 35.4 Å². The summed E-state index contributed by atoms with van der Waals surface area (Å²) in [5, 5.41) is 6.28. The van der Waals surface area contributed by atoms with Gasteiger partial charge in [0, 0.05) is 0 Å². The maximum Gasteiger partial charge on any atom is 0.197 e. The lowest BCUT2D eigenvalue weighted by atomic mass is 10.1. The molecule has 0 radical (unpaired) electrons. The highest BCUT2D eigenvalue weighted by molar-refractivity contribution is 7.80. The zero-order chi connectivity index (χ0) is 10.8. The number of rotatable bonds is 1. The third-order valence-corrected chi connectivity index (χ3v) is 2.39. The first-order chi connectivity index (χ1) is 7.15. The minimum absolute atomic E-state index is 0.181. The molecule has 1 heterocycles. The molecule has 1 unspecified atom stereocenters. The van der Waals surface area contributed by atoms with Crippen molar-refractivity contribution < 1.29 is 0 Å². The van der Waals surface area contributed by atoms with Crippen molar-refractivity contribution in [1.29, 1.82) is 0 Å². The Hall–Kier alpha value is -1.62. The number of hydrogen-bond donors (Lipinski definition) is 3. The SMILES string of the molecule is Cc1ccc(C2N=C(N)NC(=S)N2)cc1. The van der Waals surface area contributed by atoms with Crippen LogP contribution in [0.1, 0.15) is 17.3 Å². The van der Waals surface area contributed by atoms with Crippen LogP contribution in [0.2, 0.25) is 0 Å². The normalized spacial score (nSPS) is 20.2. The van der Waals surface area contributed by atoms with Crippen molar-refractivity contribution in [3.8, 4) is 0 Å². The smallest absolute Gasteiger partial charge is 0.197 e. The van der Waals surface area contributed by atoms with Crippen LogP contribution in [0.25, 0.3) is 0 Å². The van der Waals surface area contributed by atoms with E-state index in [0.29, 0.717) is 11.1 Å². The van der Waals surface area contributed by atoms with Crippen molar-refractivity contribution in [1.82, 2.24) is 10.6 Å². The molecule has 0 amide bonds. The molecule has 1 aromatic rings. The van der Waals surface area contributed by atoms with Crippen molar-refractivity contribution >= 4 is 23.3 Å². The molecule has 0 fully saturated rings. The summed E-state index contributed by atoms with van der Waals surface area (Å²) in [7, 11) is 0. The van der Waals surface area contributed by atoms with E-state index in [2.05, 4.69) is 15.6 Å². The summed E-state index contributed by atoms with van der Waals surface area (Å²) in [6, 6.07) is 8.09. The summed E-state index contributed by atoms with van der Waals surface area (Å²) < 4.78 is 0. The molecule has 0 aliphatic carbocycles. The van der Waals surface area contributed by atoms with Gasteiger partial charge in [-0.15, -0.1) is 0 Å². The van der Waals surface area contributed by atoms with Crippen LogP contribution in [0, 0.1) is 6.92 Å². The molecule has 5 heteroatoms. The number of nitrogens with zero attached hydrogens (tertiary/aromatic N) is 1. The van der Waals surface area contributed by atoms with Gasteiger partial charge in [0.1, 0.15) is 6.17 Å². The molecule has 2 rings (SSSR count). The van der Waals surface area contributed by atoms with Crippen LogP contribution in [0.3, 0.4) is 0 Å². The Labute approximate surface area is 93.6 Å². The van der Waals surface area contributed by atoms with Gasteiger partial charge < -0.3 is 16.4 Å². The Morgan fingerprint density at radius 2 is 2.00 bits per heavy atom. The molecular weight excluding hydrogens is 208 g/mol. The van der Waals surface area contributed by atoms with Crippen LogP contribution in [-0.4, -0.2) is 11.1 Å². The molecule has 1 aliphatic rings. The molecule has 0 aromatic heterocycles. The van der Waals surface area contributed by atoms with Gasteiger partial charge in [-0.2, -0.15) is 0 Å². The second-order valence-electron chi connectivity index (χ2n) is 3.43. The number of nitrogens with one attached hydrogen (secondary N) is 2. The molecule has 0 saturated carbocycles. The average molecular weight is 220 g/mol. The van der Waals surface area contributed by atoms with Crippen LogP contribution in [0.5, 0.6) is 0 Å². The van der Waals surface area contributed by atoms with Crippen LogP contribution < -0.4 is 16.4 Å². The Kier molecular flexibility index (Phi) is 2.55. The van der Waals surface area contributed by atoms with Gasteiger partial charge in [0.15, 0.2) is 11.1 Å². The molecule has 78 valence electrons. The highest BCUT2D eigenvalue weighted by atomic mass is 32.1. The molecule has 0 spiro atoms. The standard InChI is InChI=1S/C10H12N4S/c1-6-2-4-7(5-3-6)8-12-9(11)14-10(15)13-8/h2-5,8H,1H3,(H4,11,12,13,14,15).